The summed E-state index contributed by atoms with van der Waals surface area (Å²) in [6.45, 7) is 2.27. The van der Waals surface area contributed by atoms with E-state index in [9.17, 15) is 0 Å². The van der Waals surface area contributed by atoms with Crippen LogP contribution in [0.2, 0.25) is 0 Å². The summed E-state index contributed by atoms with van der Waals surface area (Å²) in [5, 5.41) is 0. The van der Waals surface area contributed by atoms with Crippen LogP contribution in [0.5, 0.6) is 0 Å². The van der Waals surface area contributed by atoms with Crippen molar-refractivity contribution in [3.63, 3.8) is 0 Å². The third-order valence-electron chi connectivity index (χ3n) is 2.03. The molecule has 0 nitrogen and oxygen atoms in total. The lowest BCUT2D eigenvalue weighted by molar-refractivity contribution is 0.447. The van der Waals surface area contributed by atoms with E-state index in [4.69, 9.17) is 0 Å². The summed E-state index contributed by atoms with van der Waals surface area (Å²) in [6.07, 6.45) is 5.39. The summed E-state index contributed by atoms with van der Waals surface area (Å²) in [4.78, 5) is 0.679. The van der Waals surface area contributed by atoms with Crippen LogP contribution in [0.1, 0.15) is 32.6 Å². The highest BCUT2D eigenvalue weighted by molar-refractivity contribution is 9.12. The van der Waals surface area contributed by atoms with Crippen molar-refractivity contribution in [2.24, 2.45) is 0 Å². The van der Waals surface area contributed by atoms with Crippen LogP contribution in [0.3, 0.4) is 0 Å². The van der Waals surface area contributed by atoms with Crippen LogP contribution >= 0.6 is 31.9 Å². The van der Waals surface area contributed by atoms with E-state index in [0.29, 0.717) is 9.15 Å². The lowest BCUT2D eigenvalue weighted by Gasteiger charge is -2.32. The fraction of sp³-hybridized carbons (Fsp3) is 1.00. The number of halogens is 2. The van der Waals surface area contributed by atoms with Crippen LogP contribution in [-0.4, -0.2) is 9.15 Å². The van der Waals surface area contributed by atoms with Gasteiger partial charge in [-0.3, -0.25) is 0 Å². The molecule has 0 bridgehead atoms. The van der Waals surface area contributed by atoms with E-state index in [2.05, 4.69) is 38.8 Å². The van der Waals surface area contributed by atoms with Gasteiger partial charge in [-0.1, -0.05) is 44.7 Å². The Balaban J connectivity index is 2.49. The Hall–Kier alpha value is 0.960. The minimum atomic E-state index is 0.366. The molecule has 0 aromatic rings. The summed E-state index contributed by atoms with van der Waals surface area (Å²) in [7, 11) is 0. The molecule has 0 aromatic carbocycles. The monoisotopic (exact) mass is 254 g/mol. The standard InChI is InChI=1S/C7H12Br2/c1-7(9)5-3-2-4-6(7)8/h6H,2-5H2,1H3/t6-,7-/m0/s1. The SMILES string of the molecule is C[C@]1(Br)CCCC[C@@H]1Br. The smallest absolute Gasteiger partial charge is 0.0354 e. The lowest BCUT2D eigenvalue weighted by atomic mass is 9.91. The first-order valence-corrected chi connectivity index (χ1v) is 5.17. The summed E-state index contributed by atoms with van der Waals surface area (Å²) in [5.41, 5.74) is 0. The van der Waals surface area contributed by atoms with E-state index < -0.39 is 0 Å². The molecule has 9 heavy (non-hydrogen) atoms. The van der Waals surface area contributed by atoms with Crippen molar-refractivity contribution >= 4 is 31.9 Å². The van der Waals surface area contributed by atoms with Crippen molar-refractivity contribution in [3.05, 3.63) is 0 Å². The molecular formula is C7H12Br2. The molecule has 0 heterocycles. The van der Waals surface area contributed by atoms with Crippen LogP contribution in [0.15, 0.2) is 0 Å². The summed E-state index contributed by atoms with van der Waals surface area (Å²) >= 11 is 7.37. The molecule has 0 N–H and O–H groups in total. The van der Waals surface area contributed by atoms with Gasteiger partial charge in [0.15, 0.2) is 0 Å². The van der Waals surface area contributed by atoms with Gasteiger partial charge in [0.1, 0.15) is 0 Å². The van der Waals surface area contributed by atoms with E-state index in [1.165, 1.54) is 25.7 Å². The van der Waals surface area contributed by atoms with Gasteiger partial charge in [0, 0.05) is 9.15 Å². The van der Waals surface area contributed by atoms with Crippen molar-refractivity contribution in [1.82, 2.24) is 0 Å². The molecule has 0 spiro atoms. The fourth-order valence-electron chi connectivity index (χ4n) is 1.25. The van der Waals surface area contributed by atoms with Gasteiger partial charge in [-0.2, -0.15) is 0 Å². The van der Waals surface area contributed by atoms with Gasteiger partial charge < -0.3 is 0 Å². The van der Waals surface area contributed by atoms with Gasteiger partial charge in [0.25, 0.3) is 0 Å². The van der Waals surface area contributed by atoms with Crippen molar-refractivity contribution in [2.75, 3.05) is 0 Å². The predicted octanol–water partition coefficient (Wildman–Crippen LogP) is 3.48. The second-order valence-corrected chi connectivity index (χ2v) is 5.91. The molecule has 54 valence electrons. The Morgan fingerprint density at radius 3 is 2.44 bits per heavy atom. The maximum absolute atomic E-state index is 3.71. The third-order valence-corrected chi connectivity index (χ3v) is 5.06. The van der Waals surface area contributed by atoms with Gasteiger partial charge in [-0.25, -0.2) is 0 Å². The molecule has 0 saturated heterocycles. The van der Waals surface area contributed by atoms with E-state index in [0.717, 1.165) is 0 Å². The maximum Gasteiger partial charge on any atom is 0.0354 e. The van der Waals surface area contributed by atoms with E-state index >= 15 is 0 Å². The molecule has 0 unspecified atom stereocenters. The van der Waals surface area contributed by atoms with Crippen molar-refractivity contribution < 1.29 is 0 Å². The second kappa shape index (κ2) is 2.91. The molecule has 0 amide bonds. The second-order valence-electron chi connectivity index (χ2n) is 2.99. The first-order chi connectivity index (χ1) is 4.13. The highest BCUT2D eigenvalue weighted by atomic mass is 79.9. The molecule has 2 heteroatoms. The zero-order valence-electron chi connectivity index (χ0n) is 5.66. The fourth-order valence-corrected chi connectivity index (χ4v) is 2.31. The predicted molar refractivity (Wildman–Crippen MR) is 48.5 cm³/mol. The third kappa shape index (κ3) is 1.94. The van der Waals surface area contributed by atoms with E-state index in [1.54, 1.807) is 0 Å². The molecule has 2 atom stereocenters. The summed E-state index contributed by atoms with van der Waals surface area (Å²) in [5.74, 6) is 0. The Morgan fingerprint density at radius 1 is 1.44 bits per heavy atom. The first-order valence-electron chi connectivity index (χ1n) is 3.46. The van der Waals surface area contributed by atoms with E-state index in [1.807, 2.05) is 0 Å². The summed E-state index contributed by atoms with van der Waals surface area (Å²) in [6, 6.07) is 0. The lowest BCUT2D eigenvalue weighted by Crippen LogP contribution is -2.31. The minimum absolute atomic E-state index is 0.366. The highest BCUT2D eigenvalue weighted by Crippen LogP contribution is 2.39. The molecule has 1 rings (SSSR count). The van der Waals surface area contributed by atoms with Gasteiger partial charge in [0.05, 0.1) is 0 Å². The zero-order valence-corrected chi connectivity index (χ0v) is 8.83. The first kappa shape index (κ1) is 8.06. The molecule has 1 aliphatic rings. The molecule has 1 saturated carbocycles. The van der Waals surface area contributed by atoms with Gasteiger partial charge in [0.2, 0.25) is 0 Å². The van der Waals surface area contributed by atoms with Crippen molar-refractivity contribution in [1.29, 1.82) is 0 Å². The minimum Gasteiger partial charge on any atom is -0.0876 e. The molecule has 0 radical (unpaired) electrons. The van der Waals surface area contributed by atoms with Crippen LogP contribution in [-0.2, 0) is 0 Å². The quantitative estimate of drug-likeness (QED) is 0.582. The summed E-state index contributed by atoms with van der Waals surface area (Å²) < 4.78 is 0.366. The average molecular weight is 256 g/mol. The maximum atomic E-state index is 3.71. The molecule has 0 aliphatic heterocycles. The number of rotatable bonds is 0. The Morgan fingerprint density at radius 2 is 2.11 bits per heavy atom. The zero-order chi connectivity index (χ0) is 6.91. The van der Waals surface area contributed by atoms with E-state index in [-0.39, 0.29) is 0 Å². The van der Waals surface area contributed by atoms with Crippen LogP contribution in [0.4, 0.5) is 0 Å². The van der Waals surface area contributed by atoms with Gasteiger partial charge in [-0.05, 0) is 19.8 Å². The van der Waals surface area contributed by atoms with Gasteiger partial charge in [-0.15, -0.1) is 0 Å². The van der Waals surface area contributed by atoms with Crippen LogP contribution in [0.25, 0.3) is 0 Å². The molecule has 0 aromatic heterocycles. The van der Waals surface area contributed by atoms with Crippen LogP contribution < -0.4 is 0 Å². The number of hydrogen-bond donors (Lipinski definition) is 0. The van der Waals surface area contributed by atoms with Gasteiger partial charge >= 0.3 is 0 Å². The molecule has 1 fully saturated rings. The van der Waals surface area contributed by atoms with Crippen LogP contribution in [0, 0.1) is 0 Å². The normalized spacial score (nSPS) is 45.0. The number of hydrogen-bond acceptors (Lipinski definition) is 0. The van der Waals surface area contributed by atoms with Crippen molar-refractivity contribution in [3.8, 4) is 0 Å². The molecule has 1 aliphatic carbocycles. The Labute approximate surface area is 73.7 Å². The average Bonchev–Trinajstić information content (AvgIpc) is 1.77. The Bertz CT molecular complexity index is 99.1. The largest absolute Gasteiger partial charge is 0.0876 e. The van der Waals surface area contributed by atoms with Crippen molar-refractivity contribution in [2.45, 2.75) is 41.8 Å². The number of alkyl halides is 2. The molecular weight excluding hydrogens is 244 g/mol. The Kier molecular flexibility index (Phi) is 2.61. The highest BCUT2D eigenvalue weighted by Gasteiger charge is 2.31. The topological polar surface area (TPSA) is 0 Å².